The van der Waals surface area contributed by atoms with Crippen LogP contribution in [0.1, 0.15) is 25.7 Å². The Kier molecular flexibility index (Phi) is 4.67. The first-order chi connectivity index (χ1) is 14.9. The van der Waals surface area contributed by atoms with Gasteiger partial charge in [0, 0.05) is 48.2 Å². The standard InChI is InChI=1S/C20H20F3N7O/c1-31-17-16-15(12-10-25-19-24-7-9-29(19)11-12)6-8-30(16)28-18(27-17)26-14-4-2-13(3-5-14)20(21,22)23/h6-11,13-14H,2-5H2,1H3,(H,26,28)/t13-,14+. The van der Waals surface area contributed by atoms with Crippen molar-refractivity contribution in [2.45, 2.75) is 37.9 Å². The summed E-state index contributed by atoms with van der Waals surface area (Å²) in [6, 6.07) is 1.79. The van der Waals surface area contributed by atoms with Crippen LogP contribution in [0.5, 0.6) is 5.88 Å². The van der Waals surface area contributed by atoms with Crippen LogP contribution in [0.4, 0.5) is 19.1 Å². The molecule has 8 nitrogen and oxygen atoms in total. The molecule has 162 valence electrons. The summed E-state index contributed by atoms with van der Waals surface area (Å²) in [5.74, 6) is 0.0662. The minimum atomic E-state index is -4.13. The zero-order valence-corrected chi connectivity index (χ0v) is 16.7. The number of hydrogen-bond donors (Lipinski definition) is 1. The number of methoxy groups -OCH3 is 1. The second-order valence-corrected chi connectivity index (χ2v) is 7.68. The summed E-state index contributed by atoms with van der Waals surface area (Å²) < 4.78 is 47.7. The summed E-state index contributed by atoms with van der Waals surface area (Å²) in [5.41, 5.74) is 2.37. The number of halogens is 3. The Bertz CT molecular complexity index is 1220. The van der Waals surface area contributed by atoms with E-state index in [-0.39, 0.29) is 18.9 Å². The van der Waals surface area contributed by atoms with Gasteiger partial charge in [0.15, 0.2) is 0 Å². The number of hydrogen-bond acceptors (Lipinski definition) is 6. The fraction of sp³-hybridized carbons (Fsp3) is 0.400. The maximum absolute atomic E-state index is 12.9. The number of anilines is 1. The lowest BCUT2D eigenvalue weighted by Gasteiger charge is -2.30. The summed E-state index contributed by atoms with van der Waals surface area (Å²) in [5, 5.41) is 7.67. The lowest BCUT2D eigenvalue weighted by molar-refractivity contribution is -0.182. The van der Waals surface area contributed by atoms with Gasteiger partial charge in [0.2, 0.25) is 17.6 Å². The van der Waals surface area contributed by atoms with Crippen LogP contribution in [0.3, 0.4) is 0 Å². The molecule has 0 aromatic carbocycles. The molecule has 0 spiro atoms. The Morgan fingerprint density at radius 1 is 1.13 bits per heavy atom. The van der Waals surface area contributed by atoms with Crippen molar-refractivity contribution in [3.05, 3.63) is 37.1 Å². The second kappa shape index (κ2) is 7.40. The topological polar surface area (TPSA) is 81.6 Å². The van der Waals surface area contributed by atoms with Gasteiger partial charge in [-0.25, -0.2) is 14.5 Å². The zero-order chi connectivity index (χ0) is 21.6. The Labute approximate surface area is 175 Å². The predicted molar refractivity (Wildman–Crippen MR) is 107 cm³/mol. The highest BCUT2D eigenvalue weighted by Gasteiger charge is 2.41. The van der Waals surface area contributed by atoms with Crippen LogP contribution in [0.2, 0.25) is 0 Å². The van der Waals surface area contributed by atoms with Gasteiger partial charge in [0.25, 0.3) is 0 Å². The zero-order valence-electron chi connectivity index (χ0n) is 16.7. The van der Waals surface area contributed by atoms with Gasteiger partial charge in [0.1, 0.15) is 5.52 Å². The molecule has 4 heterocycles. The summed E-state index contributed by atoms with van der Waals surface area (Å²) in [4.78, 5) is 13.0. The van der Waals surface area contributed by atoms with Crippen molar-refractivity contribution in [1.82, 2.24) is 29.0 Å². The first-order valence-corrected chi connectivity index (χ1v) is 9.98. The summed E-state index contributed by atoms with van der Waals surface area (Å²) in [6.07, 6.45) is 5.84. The van der Waals surface area contributed by atoms with Gasteiger partial charge < -0.3 is 10.1 Å². The molecule has 0 unspecified atom stereocenters. The second-order valence-electron chi connectivity index (χ2n) is 7.68. The molecule has 0 radical (unpaired) electrons. The molecule has 1 aliphatic carbocycles. The van der Waals surface area contributed by atoms with Gasteiger partial charge in [-0.05, 0) is 31.7 Å². The highest BCUT2D eigenvalue weighted by atomic mass is 19.4. The molecule has 0 aliphatic heterocycles. The van der Waals surface area contributed by atoms with Gasteiger partial charge in [-0.2, -0.15) is 18.2 Å². The quantitative estimate of drug-likeness (QED) is 0.526. The molecular weight excluding hydrogens is 411 g/mol. The number of imidazole rings is 1. The Balaban J connectivity index is 1.42. The summed E-state index contributed by atoms with van der Waals surface area (Å²) in [7, 11) is 1.52. The monoisotopic (exact) mass is 431 g/mol. The first kappa shape index (κ1) is 19.6. The van der Waals surface area contributed by atoms with E-state index in [1.165, 1.54) is 7.11 Å². The number of nitrogens with zero attached hydrogens (tertiary/aromatic N) is 6. The smallest absolute Gasteiger partial charge is 0.391 e. The van der Waals surface area contributed by atoms with Crippen molar-refractivity contribution in [3.8, 4) is 17.0 Å². The molecule has 0 atom stereocenters. The van der Waals surface area contributed by atoms with Gasteiger partial charge >= 0.3 is 6.18 Å². The normalized spacial score (nSPS) is 19.7. The Morgan fingerprint density at radius 3 is 2.68 bits per heavy atom. The third-order valence-corrected chi connectivity index (χ3v) is 5.75. The van der Waals surface area contributed by atoms with Crippen LogP contribution in [0, 0.1) is 5.92 Å². The maximum Gasteiger partial charge on any atom is 0.391 e. The van der Waals surface area contributed by atoms with Gasteiger partial charge in [-0.15, -0.1) is 5.10 Å². The molecule has 1 fully saturated rings. The van der Waals surface area contributed by atoms with Crippen molar-refractivity contribution in [3.63, 3.8) is 0 Å². The molecule has 1 aliphatic rings. The SMILES string of the molecule is COc1nc(N[C@H]2CC[C@@H](C(F)(F)F)CC2)nn2ccc(-c3cnc4nccn4c3)c12. The number of nitrogens with one attached hydrogen (secondary N) is 1. The molecule has 11 heteroatoms. The highest BCUT2D eigenvalue weighted by Crippen LogP contribution is 2.38. The fourth-order valence-corrected chi connectivity index (χ4v) is 4.13. The Morgan fingerprint density at radius 2 is 1.94 bits per heavy atom. The van der Waals surface area contributed by atoms with Crippen LogP contribution >= 0.6 is 0 Å². The number of fused-ring (bicyclic) bond motifs is 2. The van der Waals surface area contributed by atoms with E-state index in [2.05, 4.69) is 25.4 Å². The van der Waals surface area contributed by atoms with Gasteiger partial charge in [0.05, 0.1) is 13.0 Å². The van der Waals surface area contributed by atoms with Crippen molar-refractivity contribution in [2.75, 3.05) is 12.4 Å². The van der Waals surface area contributed by atoms with Crippen molar-refractivity contribution >= 4 is 17.2 Å². The number of alkyl halides is 3. The molecule has 0 amide bonds. The van der Waals surface area contributed by atoms with E-state index in [0.29, 0.717) is 36.0 Å². The largest absolute Gasteiger partial charge is 0.479 e. The molecule has 1 saturated carbocycles. The van der Waals surface area contributed by atoms with Crippen molar-refractivity contribution in [1.29, 1.82) is 0 Å². The summed E-state index contributed by atoms with van der Waals surface area (Å²) in [6.45, 7) is 0. The molecule has 4 aromatic rings. The molecule has 0 saturated heterocycles. The molecule has 31 heavy (non-hydrogen) atoms. The van der Waals surface area contributed by atoms with Crippen LogP contribution in [0.15, 0.2) is 37.1 Å². The van der Waals surface area contributed by atoms with E-state index in [1.54, 1.807) is 23.1 Å². The average Bonchev–Trinajstić information content (AvgIpc) is 3.39. The number of ether oxygens (including phenoxy) is 1. The maximum atomic E-state index is 12.9. The van der Waals surface area contributed by atoms with Crippen LogP contribution in [-0.4, -0.2) is 48.3 Å². The van der Waals surface area contributed by atoms with Crippen LogP contribution < -0.4 is 10.1 Å². The van der Waals surface area contributed by atoms with Gasteiger partial charge in [-0.1, -0.05) is 0 Å². The van der Waals surface area contributed by atoms with Crippen LogP contribution in [0.25, 0.3) is 22.4 Å². The van der Waals surface area contributed by atoms with E-state index < -0.39 is 12.1 Å². The van der Waals surface area contributed by atoms with Crippen molar-refractivity contribution in [2.24, 2.45) is 5.92 Å². The Hall–Kier alpha value is -3.37. The first-order valence-electron chi connectivity index (χ1n) is 9.98. The average molecular weight is 431 g/mol. The lowest BCUT2D eigenvalue weighted by Crippen LogP contribution is -2.33. The number of aromatic nitrogens is 6. The molecule has 5 rings (SSSR count). The number of rotatable bonds is 4. The van der Waals surface area contributed by atoms with Gasteiger partial charge in [-0.3, -0.25) is 4.40 Å². The predicted octanol–water partition coefficient (Wildman–Crippen LogP) is 3.98. The minimum absolute atomic E-state index is 0.108. The third kappa shape index (κ3) is 3.64. The van der Waals surface area contributed by atoms with E-state index >= 15 is 0 Å². The fourth-order valence-electron chi connectivity index (χ4n) is 4.13. The van der Waals surface area contributed by atoms with Crippen LogP contribution in [-0.2, 0) is 0 Å². The summed E-state index contributed by atoms with van der Waals surface area (Å²) >= 11 is 0. The third-order valence-electron chi connectivity index (χ3n) is 5.75. The molecule has 4 aromatic heterocycles. The van der Waals surface area contributed by atoms with E-state index in [1.807, 2.05) is 22.9 Å². The minimum Gasteiger partial charge on any atom is -0.479 e. The van der Waals surface area contributed by atoms with E-state index in [0.717, 1.165) is 11.1 Å². The highest BCUT2D eigenvalue weighted by molar-refractivity contribution is 5.84. The van der Waals surface area contributed by atoms with E-state index in [9.17, 15) is 13.2 Å². The molecule has 1 N–H and O–H groups in total. The van der Waals surface area contributed by atoms with E-state index in [4.69, 9.17) is 4.74 Å². The molecular formula is C20H20F3N7O. The lowest BCUT2D eigenvalue weighted by atomic mass is 9.86. The molecule has 0 bridgehead atoms. The van der Waals surface area contributed by atoms with Crippen molar-refractivity contribution < 1.29 is 17.9 Å².